The van der Waals surface area contributed by atoms with E-state index in [-0.39, 0.29) is 32.4 Å². The number of rotatable bonds is 12. The number of hydrogen-bond donors (Lipinski definition) is 6. The van der Waals surface area contributed by atoms with Crippen LogP contribution in [0, 0.1) is 0 Å². The topological polar surface area (TPSA) is 208 Å². The second kappa shape index (κ2) is 22.8. The molecule has 10 rings (SSSR count). The number of pyridine rings is 1. The van der Waals surface area contributed by atoms with Crippen LogP contribution >= 0.6 is 23.2 Å². The number of carbonyl (C=O) groups excluding carboxylic acids is 2. The van der Waals surface area contributed by atoms with Crippen molar-refractivity contribution in [3.63, 3.8) is 0 Å². The molecule has 5 aromatic carbocycles. The number of aromatic hydroxyl groups is 2. The number of hydrogen-bond acceptors (Lipinski definition) is 11. The average Bonchev–Trinajstić information content (AvgIpc) is 4.04. The van der Waals surface area contributed by atoms with Crippen molar-refractivity contribution in [3.8, 4) is 45.9 Å². The van der Waals surface area contributed by atoms with Gasteiger partial charge in [0.15, 0.2) is 0 Å². The molecular weight excluding hydrogens is 986 g/mol. The highest BCUT2D eigenvalue weighted by atomic mass is 35.5. The number of phenolic OH excluding ortho intramolecular Hbond substituents is 2. The van der Waals surface area contributed by atoms with Gasteiger partial charge in [-0.1, -0.05) is 55.2 Å². The number of para-hydroxylation sites is 1. The normalized spacial score (nSPS) is 14.6. The Bertz CT molecular complexity index is 2980. The molecule has 0 atom stereocenters. The Labute approximate surface area is 437 Å². The molecule has 3 aromatic heterocycles. The monoisotopic (exact) mass is 1040 g/mol. The molecule has 6 N–H and O–H groups in total. The lowest BCUT2D eigenvalue weighted by molar-refractivity contribution is 0.0548. The van der Waals surface area contributed by atoms with Gasteiger partial charge >= 0.3 is 12.1 Å². The van der Waals surface area contributed by atoms with E-state index in [9.17, 15) is 19.8 Å². The molecule has 19 heteroatoms. The summed E-state index contributed by atoms with van der Waals surface area (Å²) in [6, 6.07) is 39.6. The maximum Gasteiger partial charge on any atom is 0.324 e. The summed E-state index contributed by atoms with van der Waals surface area (Å²) >= 11 is 12.3. The number of anilines is 4. The van der Waals surface area contributed by atoms with E-state index in [4.69, 9.17) is 52.3 Å². The van der Waals surface area contributed by atoms with E-state index in [1.54, 1.807) is 107 Å². The molecule has 5 heterocycles. The van der Waals surface area contributed by atoms with Crippen molar-refractivity contribution in [2.45, 2.75) is 50.4 Å². The molecule has 2 aliphatic rings. The van der Waals surface area contributed by atoms with Gasteiger partial charge in [-0.05, 0) is 135 Å². The minimum absolute atomic E-state index is 0.0267. The Balaban J connectivity index is 0.000000182. The molecular formula is C55H53Cl2N9O8. The fourth-order valence-electron chi connectivity index (χ4n) is 8.27. The number of aromatic nitrogens is 5. The van der Waals surface area contributed by atoms with Gasteiger partial charge in [0.05, 0.1) is 32.8 Å². The number of phenols is 2. The largest absolute Gasteiger partial charge is 0.506 e. The second-order valence-corrected chi connectivity index (χ2v) is 19.0. The van der Waals surface area contributed by atoms with E-state index in [1.165, 1.54) is 12.1 Å². The summed E-state index contributed by atoms with van der Waals surface area (Å²) in [5.41, 5.74) is 3.72. The molecule has 0 radical (unpaired) electrons. The van der Waals surface area contributed by atoms with Crippen molar-refractivity contribution in [1.82, 2.24) is 24.5 Å². The SMILES string of the molecule is CC1(c2cc(NC(=O)Nc3ccc(Oc4ccccc4)cc3)n(-c3ccc(O)c(Cl)c3)n2)CCOCC1.CC1(c2cc(NC(=O)Nc3ccc(Oc4ccncc4)cc3)n(-c3ccc(O)c(Cl)c3)n2)CCOCC1. The number of nitrogens with one attached hydrogen (secondary N) is 4. The molecule has 0 saturated carbocycles. The van der Waals surface area contributed by atoms with E-state index in [2.05, 4.69) is 40.1 Å². The molecule has 0 unspecified atom stereocenters. The lowest BCUT2D eigenvalue weighted by atomic mass is 9.79. The number of benzene rings is 5. The van der Waals surface area contributed by atoms with Gasteiger partial charge in [-0.15, -0.1) is 0 Å². The van der Waals surface area contributed by atoms with Crippen LogP contribution in [-0.2, 0) is 20.3 Å². The van der Waals surface area contributed by atoms with Crippen LogP contribution in [0.25, 0.3) is 11.4 Å². The maximum absolute atomic E-state index is 12.9. The van der Waals surface area contributed by atoms with Crippen LogP contribution < -0.4 is 30.7 Å². The predicted octanol–water partition coefficient (Wildman–Crippen LogP) is 12.9. The standard InChI is InChI=1S/C28H27ClN4O4.C27H26ClN5O4/c1-28(13-15-36-16-14-28)25-18-26(33(32-25)20-9-12-24(34)23(29)17-20)31-27(35)30-19-7-10-22(11-8-19)37-21-5-3-2-4-6-21;1-27(10-14-36-15-11-27)24-17-25(33(32-24)19-4-7-23(34)22(28)16-19)31-26(35)30-18-2-5-20(6-3-18)37-21-8-12-29-13-9-21/h2-12,17-18,34H,13-16H2,1H3,(H2,30,31,35);2-9,12-13,16-17,34H,10-11,14-15H2,1H3,(H2,30,31,35). The first kappa shape index (κ1) is 50.8. The number of amides is 4. The minimum Gasteiger partial charge on any atom is -0.506 e. The summed E-state index contributed by atoms with van der Waals surface area (Å²) < 4.78 is 25.9. The zero-order valence-electron chi connectivity index (χ0n) is 40.4. The van der Waals surface area contributed by atoms with Crippen LogP contribution in [0.4, 0.5) is 32.6 Å². The third-order valence-electron chi connectivity index (χ3n) is 12.8. The molecule has 0 spiro atoms. The molecule has 0 aliphatic carbocycles. The van der Waals surface area contributed by atoms with Gasteiger partial charge in [-0.3, -0.25) is 15.6 Å². The molecule has 380 valence electrons. The lowest BCUT2D eigenvalue weighted by Crippen LogP contribution is -2.31. The number of nitrogens with zero attached hydrogens (tertiary/aromatic N) is 5. The molecule has 2 saturated heterocycles. The number of ether oxygens (including phenoxy) is 4. The molecule has 0 bridgehead atoms. The number of carbonyl (C=O) groups is 2. The summed E-state index contributed by atoms with van der Waals surface area (Å²) in [6.07, 6.45) is 6.59. The Morgan fingerprint density at radius 1 is 0.527 bits per heavy atom. The number of halogens is 2. The molecule has 2 aliphatic heterocycles. The first-order valence-electron chi connectivity index (χ1n) is 23.8. The first-order chi connectivity index (χ1) is 35.8. The fraction of sp³-hybridized carbons (Fsp3) is 0.218. The Morgan fingerprint density at radius 3 is 1.32 bits per heavy atom. The van der Waals surface area contributed by atoms with E-state index in [1.807, 2.05) is 42.5 Å². The van der Waals surface area contributed by atoms with E-state index in [0.29, 0.717) is 78.1 Å². The van der Waals surface area contributed by atoms with Crippen molar-refractivity contribution >= 4 is 58.3 Å². The van der Waals surface area contributed by atoms with Crippen molar-refractivity contribution in [2.75, 3.05) is 47.7 Å². The Hall–Kier alpha value is -8.09. The quantitative estimate of drug-likeness (QED) is 0.0678. The van der Waals surface area contributed by atoms with Gasteiger partial charge < -0.3 is 39.8 Å². The predicted molar refractivity (Wildman–Crippen MR) is 284 cm³/mol. The number of urea groups is 2. The van der Waals surface area contributed by atoms with Crippen LogP contribution in [0.1, 0.15) is 50.9 Å². The summed E-state index contributed by atoms with van der Waals surface area (Å²) in [7, 11) is 0. The molecule has 4 amide bonds. The van der Waals surface area contributed by atoms with Crippen molar-refractivity contribution < 1.29 is 38.7 Å². The van der Waals surface area contributed by atoms with Gasteiger partial charge in [0.25, 0.3) is 0 Å². The molecule has 2 fully saturated rings. The minimum atomic E-state index is -0.433. The third-order valence-corrected chi connectivity index (χ3v) is 13.4. The smallest absolute Gasteiger partial charge is 0.324 e. The van der Waals surface area contributed by atoms with Crippen LogP contribution in [0.15, 0.2) is 152 Å². The summed E-state index contributed by atoms with van der Waals surface area (Å²) in [5, 5.41) is 41.2. The summed E-state index contributed by atoms with van der Waals surface area (Å²) in [5.74, 6) is 3.59. The van der Waals surface area contributed by atoms with Crippen molar-refractivity contribution in [3.05, 3.63) is 173 Å². The second-order valence-electron chi connectivity index (χ2n) is 18.2. The Morgan fingerprint density at radius 2 is 0.919 bits per heavy atom. The zero-order valence-corrected chi connectivity index (χ0v) is 41.9. The summed E-state index contributed by atoms with van der Waals surface area (Å²) in [6.45, 7) is 6.90. The fourth-order valence-corrected chi connectivity index (χ4v) is 8.62. The van der Waals surface area contributed by atoms with E-state index < -0.39 is 12.1 Å². The average molecular weight is 1040 g/mol. The first-order valence-corrected chi connectivity index (χ1v) is 24.6. The van der Waals surface area contributed by atoms with Gasteiger partial charge in [0.2, 0.25) is 0 Å². The third kappa shape index (κ3) is 12.6. The Kier molecular flexibility index (Phi) is 15.6. The van der Waals surface area contributed by atoms with E-state index in [0.717, 1.165) is 42.8 Å². The highest BCUT2D eigenvalue weighted by Gasteiger charge is 2.34. The highest BCUT2D eigenvalue weighted by molar-refractivity contribution is 6.32. The van der Waals surface area contributed by atoms with Crippen molar-refractivity contribution in [1.29, 1.82) is 0 Å². The maximum atomic E-state index is 12.9. The summed E-state index contributed by atoms with van der Waals surface area (Å²) in [4.78, 5) is 29.9. The van der Waals surface area contributed by atoms with Crippen LogP contribution in [0.3, 0.4) is 0 Å². The lowest BCUT2D eigenvalue weighted by Gasteiger charge is -2.31. The van der Waals surface area contributed by atoms with Crippen LogP contribution in [0.5, 0.6) is 34.5 Å². The molecule has 8 aromatic rings. The zero-order chi connectivity index (χ0) is 51.7. The van der Waals surface area contributed by atoms with Crippen LogP contribution in [-0.4, -0.2) is 73.2 Å². The molecule has 74 heavy (non-hydrogen) atoms. The van der Waals surface area contributed by atoms with Gasteiger partial charge in [0, 0.05) is 73.2 Å². The van der Waals surface area contributed by atoms with Gasteiger partial charge in [-0.2, -0.15) is 10.2 Å². The highest BCUT2D eigenvalue weighted by Crippen LogP contribution is 2.38. The van der Waals surface area contributed by atoms with E-state index >= 15 is 0 Å². The molecule has 17 nitrogen and oxygen atoms in total. The van der Waals surface area contributed by atoms with Crippen molar-refractivity contribution in [2.24, 2.45) is 0 Å². The van der Waals surface area contributed by atoms with Gasteiger partial charge in [-0.25, -0.2) is 19.0 Å². The van der Waals surface area contributed by atoms with Crippen LogP contribution in [0.2, 0.25) is 10.0 Å². The van der Waals surface area contributed by atoms with Gasteiger partial charge in [0.1, 0.15) is 46.1 Å².